The maximum absolute atomic E-state index is 14.4. The number of nitrogens with one attached hydrogen (secondary N) is 1. The zero-order chi connectivity index (χ0) is 26.3. The van der Waals surface area contributed by atoms with Crippen molar-refractivity contribution in [1.29, 1.82) is 0 Å². The van der Waals surface area contributed by atoms with E-state index in [0.29, 0.717) is 51.7 Å². The Hall–Kier alpha value is -4.78. The number of carbonyl (C=O) groups is 2. The molecule has 1 aliphatic carbocycles. The summed E-state index contributed by atoms with van der Waals surface area (Å²) in [5.74, 6) is 1.26. The minimum absolute atomic E-state index is 0.176. The number of rotatable bonds is 7. The van der Waals surface area contributed by atoms with Crippen LogP contribution in [-0.4, -0.2) is 33.6 Å². The first kappa shape index (κ1) is 23.6. The SMILES string of the molecule is COc1ccc(C2(Cc3ccncc3)C(=O)c3ccc(OCc4ccccc4)cc3C2=O)c2nc(C)[nH]c12. The second kappa shape index (κ2) is 9.27. The van der Waals surface area contributed by atoms with Gasteiger partial charge >= 0.3 is 0 Å². The predicted octanol–water partition coefficient (Wildman–Crippen LogP) is 5.41. The third-order valence-corrected chi connectivity index (χ3v) is 7.13. The molecule has 2 aromatic heterocycles. The lowest BCUT2D eigenvalue weighted by molar-refractivity contribution is 0.0794. The lowest BCUT2D eigenvalue weighted by atomic mass is 9.71. The molecule has 1 unspecified atom stereocenters. The van der Waals surface area contributed by atoms with Crippen molar-refractivity contribution in [2.75, 3.05) is 7.11 Å². The molecular formula is C31H25N3O4. The topological polar surface area (TPSA) is 94.2 Å². The molecule has 38 heavy (non-hydrogen) atoms. The molecule has 7 heteroatoms. The number of aromatic amines is 1. The summed E-state index contributed by atoms with van der Waals surface area (Å²) in [5.41, 5.74) is 2.83. The van der Waals surface area contributed by atoms with Gasteiger partial charge in [0.05, 0.1) is 12.6 Å². The van der Waals surface area contributed by atoms with Crippen LogP contribution in [0.5, 0.6) is 11.5 Å². The van der Waals surface area contributed by atoms with Gasteiger partial charge in [-0.2, -0.15) is 0 Å². The second-order valence-corrected chi connectivity index (χ2v) is 9.44. The van der Waals surface area contributed by atoms with Gasteiger partial charge in [0.25, 0.3) is 0 Å². The molecule has 1 aliphatic rings. The van der Waals surface area contributed by atoms with Crippen LogP contribution in [0.15, 0.2) is 85.2 Å². The number of Topliss-reactive ketones (excluding diaryl/α,β-unsaturated/α-hetero) is 2. The Balaban J connectivity index is 1.49. The van der Waals surface area contributed by atoms with Gasteiger partial charge in [0.15, 0.2) is 11.6 Å². The van der Waals surface area contributed by atoms with E-state index in [2.05, 4.69) is 15.0 Å². The van der Waals surface area contributed by atoms with Crippen LogP contribution in [0.3, 0.4) is 0 Å². The Morgan fingerprint density at radius 3 is 2.39 bits per heavy atom. The summed E-state index contributed by atoms with van der Waals surface area (Å²) in [4.78, 5) is 40.7. The van der Waals surface area contributed by atoms with Crippen LogP contribution >= 0.6 is 0 Å². The van der Waals surface area contributed by atoms with Crippen LogP contribution in [0, 0.1) is 6.92 Å². The maximum atomic E-state index is 14.4. The fourth-order valence-corrected chi connectivity index (χ4v) is 5.31. The second-order valence-electron chi connectivity index (χ2n) is 9.44. The van der Waals surface area contributed by atoms with Crippen molar-refractivity contribution in [2.45, 2.75) is 25.4 Å². The first-order chi connectivity index (χ1) is 18.5. The number of ketones is 2. The molecule has 6 rings (SSSR count). The molecular weight excluding hydrogens is 478 g/mol. The van der Waals surface area contributed by atoms with Crippen molar-refractivity contribution >= 4 is 22.6 Å². The Morgan fingerprint density at radius 2 is 1.63 bits per heavy atom. The third kappa shape index (κ3) is 3.75. The molecule has 0 amide bonds. The quantitative estimate of drug-likeness (QED) is 0.298. The van der Waals surface area contributed by atoms with Gasteiger partial charge in [0.2, 0.25) is 0 Å². The van der Waals surface area contributed by atoms with Crippen LogP contribution in [0.2, 0.25) is 0 Å². The number of pyridine rings is 1. The summed E-state index contributed by atoms with van der Waals surface area (Å²) in [7, 11) is 1.58. The number of imidazole rings is 1. The Bertz CT molecular complexity index is 1680. The highest BCUT2D eigenvalue weighted by molar-refractivity contribution is 6.34. The van der Waals surface area contributed by atoms with Gasteiger partial charge in [-0.3, -0.25) is 14.6 Å². The summed E-state index contributed by atoms with van der Waals surface area (Å²) >= 11 is 0. The van der Waals surface area contributed by atoms with Crippen molar-refractivity contribution in [2.24, 2.45) is 0 Å². The predicted molar refractivity (Wildman–Crippen MR) is 143 cm³/mol. The number of ether oxygens (including phenoxy) is 2. The Morgan fingerprint density at radius 1 is 0.868 bits per heavy atom. The highest BCUT2D eigenvalue weighted by Crippen LogP contribution is 2.46. The van der Waals surface area contributed by atoms with E-state index in [-0.39, 0.29) is 18.0 Å². The molecule has 0 fully saturated rings. The van der Waals surface area contributed by atoms with E-state index in [1.807, 2.05) is 49.4 Å². The van der Waals surface area contributed by atoms with Gasteiger partial charge in [-0.15, -0.1) is 0 Å². The summed E-state index contributed by atoms with van der Waals surface area (Å²) in [6, 6.07) is 22.1. The van der Waals surface area contributed by atoms with E-state index in [9.17, 15) is 9.59 Å². The van der Waals surface area contributed by atoms with Crippen molar-refractivity contribution in [3.63, 3.8) is 0 Å². The number of fused-ring (bicyclic) bond motifs is 2. The number of aryl methyl sites for hydroxylation is 1. The number of hydrogen-bond donors (Lipinski definition) is 1. The van der Waals surface area contributed by atoms with Gasteiger partial charge in [0.1, 0.15) is 34.9 Å². The minimum Gasteiger partial charge on any atom is -0.494 e. The van der Waals surface area contributed by atoms with Crippen molar-refractivity contribution in [3.8, 4) is 11.5 Å². The highest BCUT2D eigenvalue weighted by atomic mass is 16.5. The van der Waals surface area contributed by atoms with Gasteiger partial charge in [-0.25, -0.2) is 4.98 Å². The number of nitrogens with zero attached hydrogens (tertiary/aromatic N) is 2. The molecule has 1 N–H and O–H groups in total. The fraction of sp³-hybridized carbons (Fsp3) is 0.161. The zero-order valence-electron chi connectivity index (χ0n) is 21.0. The normalized spacial score (nSPS) is 16.6. The summed E-state index contributed by atoms with van der Waals surface area (Å²) in [6.07, 6.45) is 3.51. The zero-order valence-corrected chi connectivity index (χ0v) is 21.0. The van der Waals surface area contributed by atoms with Gasteiger partial charge in [-0.05, 0) is 60.9 Å². The summed E-state index contributed by atoms with van der Waals surface area (Å²) < 4.78 is 11.5. The number of aromatic nitrogens is 3. The van der Waals surface area contributed by atoms with E-state index >= 15 is 0 Å². The lowest BCUT2D eigenvalue weighted by Crippen LogP contribution is -2.41. The number of carbonyl (C=O) groups excluding carboxylic acids is 2. The number of hydrogen-bond acceptors (Lipinski definition) is 6. The van der Waals surface area contributed by atoms with Gasteiger partial charge in [-0.1, -0.05) is 36.4 Å². The largest absolute Gasteiger partial charge is 0.494 e. The van der Waals surface area contributed by atoms with Crippen LogP contribution in [0.25, 0.3) is 11.0 Å². The molecule has 3 aromatic carbocycles. The molecule has 0 spiro atoms. The molecule has 5 aromatic rings. The molecule has 0 saturated heterocycles. The molecule has 0 aliphatic heterocycles. The average molecular weight is 504 g/mol. The van der Waals surface area contributed by atoms with Crippen LogP contribution in [0.1, 0.15) is 43.2 Å². The smallest absolute Gasteiger partial charge is 0.182 e. The van der Waals surface area contributed by atoms with Crippen molar-refractivity contribution in [1.82, 2.24) is 15.0 Å². The number of benzene rings is 3. The molecule has 0 radical (unpaired) electrons. The van der Waals surface area contributed by atoms with Crippen molar-refractivity contribution < 1.29 is 19.1 Å². The van der Waals surface area contributed by atoms with E-state index in [1.54, 1.807) is 49.8 Å². The van der Waals surface area contributed by atoms with Crippen LogP contribution in [0.4, 0.5) is 0 Å². The first-order valence-electron chi connectivity index (χ1n) is 12.3. The standard InChI is InChI=1S/C31H25N3O4/c1-19-33-27-25(10-11-26(37-2)28(27)34-19)31(17-20-12-14-32-15-13-20)29(35)23-9-8-22(16-24(23)30(31)36)38-18-21-6-4-3-5-7-21/h3-16H,17-18H2,1-2H3,(H,33,34). The Kier molecular flexibility index (Phi) is 5.76. The molecule has 2 heterocycles. The van der Waals surface area contributed by atoms with E-state index in [0.717, 1.165) is 11.1 Å². The van der Waals surface area contributed by atoms with Gasteiger partial charge in [0, 0.05) is 29.1 Å². The maximum Gasteiger partial charge on any atom is 0.182 e. The van der Waals surface area contributed by atoms with E-state index in [1.165, 1.54) is 0 Å². The van der Waals surface area contributed by atoms with Gasteiger partial charge < -0.3 is 14.5 Å². The summed E-state index contributed by atoms with van der Waals surface area (Å²) in [6.45, 7) is 2.19. The first-order valence-corrected chi connectivity index (χ1v) is 12.3. The number of H-pyrrole nitrogens is 1. The minimum atomic E-state index is -1.49. The molecule has 188 valence electrons. The molecule has 0 bridgehead atoms. The monoisotopic (exact) mass is 503 g/mol. The third-order valence-electron chi connectivity index (χ3n) is 7.13. The molecule has 1 atom stereocenters. The van der Waals surface area contributed by atoms with Crippen LogP contribution < -0.4 is 9.47 Å². The number of methoxy groups -OCH3 is 1. The lowest BCUT2D eigenvalue weighted by Gasteiger charge is -2.27. The molecule has 7 nitrogen and oxygen atoms in total. The highest BCUT2D eigenvalue weighted by Gasteiger charge is 2.55. The van der Waals surface area contributed by atoms with Crippen molar-refractivity contribution in [3.05, 3.63) is 119 Å². The average Bonchev–Trinajstić information content (AvgIpc) is 3.44. The molecule has 0 saturated carbocycles. The Labute approximate surface area is 219 Å². The van der Waals surface area contributed by atoms with E-state index < -0.39 is 5.41 Å². The fourth-order valence-electron chi connectivity index (χ4n) is 5.31. The van der Waals surface area contributed by atoms with Crippen LogP contribution in [-0.2, 0) is 18.4 Å². The summed E-state index contributed by atoms with van der Waals surface area (Å²) in [5, 5.41) is 0. The van der Waals surface area contributed by atoms with E-state index in [4.69, 9.17) is 9.47 Å².